The average molecular weight is 587 g/mol. The highest BCUT2D eigenvalue weighted by Crippen LogP contribution is 2.40. The molecule has 0 bridgehead atoms. The summed E-state index contributed by atoms with van der Waals surface area (Å²) in [5.41, 5.74) is 4.90. The van der Waals surface area contributed by atoms with Gasteiger partial charge in [-0.2, -0.15) is 0 Å². The lowest BCUT2D eigenvalue weighted by atomic mass is 9.89. The Morgan fingerprint density at radius 1 is 0.326 bits per heavy atom. The minimum Gasteiger partial charge on any atom is -0.253 e. The van der Waals surface area contributed by atoms with Gasteiger partial charge in [-0.3, -0.25) is 4.98 Å². The van der Waals surface area contributed by atoms with Gasteiger partial charge in [0.2, 0.25) is 0 Å². The molecule has 2 aromatic heterocycles. The monoisotopic (exact) mass is 586 g/mol. The number of nitrogens with zero attached hydrogens (tertiary/aromatic N) is 4. The van der Waals surface area contributed by atoms with Gasteiger partial charge >= 0.3 is 0 Å². The Hall–Kier alpha value is -6.26. The van der Waals surface area contributed by atoms with Crippen molar-refractivity contribution in [2.75, 3.05) is 0 Å². The maximum atomic E-state index is 4.90. The van der Waals surface area contributed by atoms with Crippen LogP contribution in [-0.4, -0.2) is 19.9 Å². The highest BCUT2D eigenvalue weighted by atomic mass is 15.0. The lowest BCUT2D eigenvalue weighted by Crippen LogP contribution is -2.01. The molecule has 0 atom stereocenters. The van der Waals surface area contributed by atoms with Crippen LogP contribution in [0.1, 0.15) is 0 Å². The van der Waals surface area contributed by atoms with E-state index in [4.69, 9.17) is 15.0 Å². The molecular weight excluding hydrogens is 560 g/mol. The molecule has 46 heavy (non-hydrogen) atoms. The molecule has 0 saturated heterocycles. The maximum Gasteiger partial charge on any atom is 0.182 e. The van der Waals surface area contributed by atoms with E-state index < -0.39 is 0 Å². The van der Waals surface area contributed by atoms with Gasteiger partial charge in [0.15, 0.2) is 17.5 Å². The van der Waals surface area contributed by atoms with Crippen LogP contribution in [0.5, 0.6) is 0 Å². The molecule has 0 N–H and O–H groups in total. The summed E-state index contributed by atoms with van der Waals surface area (Å²) in [5.74, 6) is 1.78. The molecule has 0 radical (unpaired) electrons. The van der Waals surface area contributed by atoms with Gasteiger partial charge in [0.05, 0.1) is 0 Å². The van der Waals surface area contributed by atoms with Crippen LogP contribution in [0.2, 0.25) is 0 Å². The van der Waals surface area contributed by atoms with Crippen LogP contribution in [0.3, 0.4) is 0 Å². The van der Waals surface area contributed by atoms with Crippen molar-refractivity contribution in [3.05, 3.63) is 158 Å². The van der Waals surface area contributed by atoms with E-state index in [9.17, 15) is 0 Å². The first-order valence-electron chi connectivity index (χ1n) is 15.4. The van der Waals surface area contributed by atoms with Gasteiger partial charge in [-0.25, -0.2) is 15.0 Å². The third-order valence-corrected chi connectivity index (χ3v) is 8.76. The smallest absolute Gasteiger partial charge is 0.182 e. The van der Waals surface area contributed by atoms with E-state index in [-0.39, 0.29) is 0 Å². The molecule has 9 aromatic rings. The Kier molecular flexibility index (Phi) is 6.10. The first-order chi connectivity index (χ1) is 22.8. The van der Waals surface area contributed by atoms with Crippen LogP contribution in [0.4, 0.5) is 0 Å². The Balaban J connectivity index is 1.21. The number of fused-ring (bicyclic) bond motifs is 7. The van der Waals surface area contributed by atoms with Crippen molar-refractivity contribution in [3.63, 3.8) is 0 Å². The van der Waals surface area contributed by atoms with Crippen molar-refractivity contribution in [2.45, 2.75) is 0 Å². The quantitative estimate of drug-likeness (QED) is 0.193. The fourth-order valence-corrected chi connectivity index (χ4v) is 6.56. The molecular formula is C42H26N4. The molecule has 0 aliphatic rings. The SMILES string of the molecule is c1ccc(-c2nc(-c3ccc(-c4cccc5ccc6ccc7c8ccccc8ccc7c6c45)cc3)nc(-c3ccccn3)n2)cc1. The molecule has 0 saturated carbocycles. The molecule has 7 aromatic carbocycles. The lowest BCUT2D eigenvalue weighted by molar-refractivity contribution is 1.06. The first-order valence-corrected chi connectivity index (χ1v) is 15.4. The topological polar surface area (TPSA) is 51.6 Å². The van der Waals surface area contributed by atoms with Gasteiger partial charge in [-0.1, -0.05) is 140 Å². The van der Waals surface area contributed by atoms with E-state index in [1.165, 1.54) is 48.7 Å². The Morgan fingerprint density at radius 2 is 0.935 bits per heavy atom. The fourth-order valence-electron chi connectivity index (χ4n) is 6.56. The second-order valence-corrected chi connectivity index (χ2v) is 11.5. The van der Waals surface area contributed by atoms with E-state index in [0.29, 0.717) is 23.2 Å². The molecule has 0 aliphatic carbocycles. The van der Waals surface area contributed by atoms with Gasteiger partial charge in [0, 0.05) is 17.3 Å². The van der Waals surface area contributed by atoms with Crippen molar-refractivity contribution >= 4 is 43.1 Å². The molecule has 0 aliphatic heterocycles. The second kappa shape index (κ2) is 10.7. The summed E-state index contributed by atoms with van der Waals surface area (Å²) in [7, 11) is 0. The standard InChI is InChI=1S/C42H26N4/c1-2-10-31(11-3-1)40-44-41(46-42(45-40)37-15-6-7-26-43-37)32-20-16-28(17-21-32)34-14-8-12-29-18-19-30-23-24-35-33-13-5-4-9-27(33)22-25-36(35)39(30)38(29)34/h1-26H. The van der Waals surface area contributed by atoms with Gasteiger partial charge in [-0.05, 0) is 66.3 Å². The van der Waals surface area contributed by atoms with Crippen molar-refractivity contribution in [3.8, 4) is 45.4 Å². The molecule has 0 amide bonds. The van der Waals surface area contributed by atoms with Crippen molar-refractivity contribution < 1.29 is 0 Å². The average Bonchev–Trinajstić information content (AvgIpc) is 3.14. The highest BCUT2D eigenvalue weighted by molar-refractivity contribution is 6.27. The third kappa shape index (κ3) is 4.39. The minimum atomic E-state index is 0.549. The van der Waals surface area contributed by atoms with Crippen LogP contribution >= 0.6 is 0 Å². The summed E-state index contributed by atoms with van der Waals surface area (Å²) < 4.78 is 0. The van der Waals surface area contributed by atoms with E-state index in [0.717, 1.165) is 16.7 Å². The minimum absolute atomic E-state index is 0.549. The maximum absolute atomic E-state index is 4.90. The van der Waals surface area contributed by atoms with Crippen LogP contribution in [0.25, 0.3) is 88.5 Å². The Bertz CT molecular complexity index is 2500. The molecule has 214 valence electrons. The summed E-state index contributed by atoms with van der Waals surface area (Å²) in [6.07, 6.45) is 1.76. The number of hydrogen-bond donors (Lipinski definition) is 0. The van der Waals surface area contributed by atoms with Gasteiger partial charge in [0.25, 0.3) is 0 Å². The third-order valence-electron chi connectivity index (χ3n) is 8.76. The second-order valence-electron chi connectivity index (χ2n) is 11.5. The fraction of sp³-hybridized carbons (Fsp3) is 0. The molecule has 4 nitrogen and oxygen atoms in total. The molecule has 0 unspecified atom stereocenters. The lowest BCUT2D eigenvalue weighted by Gasteiger charge is -2.14. The van der Waals surface area contributed by atoms with Gasteiger partial charge in [-0.15, -0.1) is 0 Å². The zero-order valence-electron chi connectivity index (χ0n) is 24.8. The summed E-state index contributed by atoms with van der Waals surface area (Å²) in [6.45, 7) is 0. The number of rotatable bonds is 4. The highest BCUT2D eigenvalue weighted by Gasteiger charge is 2.15. The van der Waals surface area contributed by atoms with E-state index >= 15 is 0 Å². The van der Waals surface area contributed by atoms with Gasteiger partial charge in [0.1, 0.15) is 5.69 Å². The predicted octanol–water partition coefficient (Wildman–Crippen LogP) is 10.5. The number of hydrogen-bond acceptors (Lipinski definition) is 4. The van der Waals surface area contributed by atoms with E-state index in [1.54, 1.807) is 6.20 Å². The largest absolute Gasteiger partial charge is 0.253 e. The molecule has 0 spiro atoms. The molecule has 0 fully saturated rings. The summed E-state index contributed by atoms with van der Waals surface area (Å²) >= 11 is 0. The van der Waals surface area contributed by atoms with Crippen molar-refractivity contribution in [2.24, 2.45) is 0 Å². The first kappa shape index (κ1) is 26.2. The van der Waals surface area contributed by atoms with Crippen LogP contribution in [0, 0.1) is 0 Å². The van der Waals surface area contributed by atoms with E-state index in [1.807, 2.05) is 48.5 Å². The zero-order chi connectivity index (χ0) is 30.5. The number of pyridine rings is 1. The Labute approximate surface area is 265 Å². The normalized spacial score (nSPS) is 11.5. The van der Waals surface area contributed by atoms with Gasteiger partial charge < -0.3 is 0 Å². The predicted molar refractivity (Wildman–Crippen MR) is 189 cm³/mol. The molecule has 2 heterocycles. The summed E-state index contributed by atoms with van der Waals surface area (Å²) in [5, 5.41) is 10.1. The summed E-state index contributed by atoms with van der Waals surface area (Å²) in [6, 6.07) is 53.1. The number of benzene rings is 7. The van der Waals surface area contributed by atoms with Crippen LogP contribution < -0.4 is 0 Å². The van der Waals surface area contributed by atoms with Crippen molar-refractivity contribution in [1.82, 2.24) is 19.9 Å². The molecule has 4 heteroatoms. The van der Waals surface area contributed by atoms with E-state index in [2.05, 4.69) is 108 Å². The molecule has 9 rings (SSSR count). The van der Waals surface area contributed by atoms with Crippen LogP contribution in [-0.2, 0) is 0 Å². The number of aromatic nitrogens is 4. The van der Waals surface area contributed by atoms with Crippen LogP contribution in [0.15, 0.2) is 158 Å². The summed E-state index contributed by atoms with van der Waals surface area (Å²) in [4.78, 5) is 19.1. The Morgan fingerprint density at radius 3 is 1.74 bits per heavy atom. The zero-order valence-corrected chi connectivity index (χ0v) is 24.8. The van der Waals surface area contributed by atoms with Crippen molar-refractivity contribution in [1.29, 1.82) is 0 Å².